The van der Waals surface area contributed by atoms with Gasteiger partial charge in [0.05, 0.1) is 5.58 Å². The van der Waals surface area contributed by atoms with Gasteiger partial charge in [-0.25, -0.2) is 0 Å². The Morgan fingerprint density at radius 3 is 2.32 bits per heavy atom. The molecule has 4 nitrogen and oxygen atoms in total. The Balaban J connectivity index is 0.000000183. The third kappa shape index (κ3) is 9.43. The molecule has 53 heavy (non-hydrogen) atoms. The van der Waals surface area contributed by atoms with E-state index in [0.717, 1.165) is 63.2 Å². The Labute approximate surface area is 331 Å². The van der Waals surface area contributed by atoms with E-state index in [4.69, 9.17) is 9.40 Å². The second-order valence-corrected chi connectivity index (χ2v) is 26.2. The van der Waals surface area contributed by atoms with Crippen LogP contribution >= 0.6 is 0 Å². The molecular formula is C47H49GeIrN3O-2. The summed E-state index contributed by atoms with van der Waals surface area (Å²) in [4.78, 5) is 13.8. The minimum absolute atomic E-state index is 0. The van der Waals surface area contributed by atoms with Crippen molar-refractivity contribution in [1.82, 2.24) is 15.0 Å². The van der Waals surface area contributed by atoms with Crippen LogP contribution in [0.4, 0.5) is 0 Å². The van der Waals surface area contributed by atoms with Crippen LogP contribution in [0.15, 0.2) is 114 Å². The first-order valence-electron chi connectivity index (χ1n) is 18.9. The van der Waals surface area contributed by atoms with Gasteiger partial charge in [0.15, 0.2) is 0 Å². The normalized spacial score (nSPS) is 13.5. The van der Waals surface area contributed by atoms with E-state index in [1.54, 1.807) is 0 Å². The van der Waals surface area contributed by atoms with Gasteiger partial charge in [-0.1, -0.05) is 75.3 Å². The van der Waals surface area contributed by atoms with Crippen molar-refractivity contribution >= 4 is 39.6 Å². The Morgan fingerprint density at radius 2 is 1.58 bits per heavy atom. The van der Waals surface area contributed by atoms with E-state index in [1.807, 2.05) is 30.6 Å². The summed E-state index contributed by atoms with van der Waals surface area (Å²) in [6, 6.07) is 35.1. The van der Waals surface area contributed by atoms with E-state index < -0.39 is 13.3 Å². The van der Waals surface area contributed by atoms with Gasteiger partial charge in [-0.3, -0.25) is 0 Å². The van der Waals surface area contributed by atoms with Crippen LogP contribution in [-0.4, -0.2) is 28.2 Å². The molecule has 273 valence electrons. The fourth-order valence-corrected chi connectivity index (χ4v) is 10.8. The predicted molar refractivity (Wildman–Crippen MR) is 219 cm³/mol. The molecule has 1 aliphatic rings. The van der Waals surface area contributed by atoms with Gasteiger partial charge in [0.2, 0.25) is 0 Å². The molecule has 0 N–H and O–H groups in total. The van der Waals surface area contributed by atoms with Gasteiger partial charge in [0, 0.05) is 31.7 Å². The van der Waals surface area contributed by atoms with Crippen molar-refractivity contribution in [3.63, 3.8) is 0 Å². The number of hydrogen-bond acceptors (Lipinski definition) is 4. The van der Waals surface area contributed by atoms with E-state index in [1.165, 1.54) is 58.8 Å². The third-order valence-electron chi connectivity index (χ3n) is 10.4. The quantitative estimate of drug-likeness (QED) is 0.113. The molecule has 1 fully saturated rings. The van der Waals surface area contributed by atoms with Crippen LogP contribution in [0.2, 0.25) is 17.3 Å². The van der Waals surface area contributed by atoms with Crippen LogP contribution in [0.25, 0.3) is 44.5 Å². The summed E-state index contributed by atoms with van der Waals surface area (Å²) in [6.45, 7) is 4.40. The summed E-state index contributed by atoms with van der Waals surface area (Å²) >= 11 is -1.96. The zero-order valence-electron chi connectivity index (χ0n) is 31.6. The van der Waals surface area contributed by atoms with Crippen molar-refractivity contribution < 1.29 is 24.5 Å². The van der Waals surface area contributed by atoms with E-state index >= 15 is 0 Å². The first kappa shape index (κ1) is 38.8. The van der Waals surface area contributed by atoms with Gasteiger partial charge in [-0.05, 0) is 59.4 Å². The molecule has 1 radical (unpaired) electrons. The Hall–Kier alpha value is -3.90. The van der Waals surface area contributed by atoms with E-state index in [9.17, 15) is 0 Å². The van der Waals surface area contributed by atoms with Gasteiger partial charge in [0.25, 0.3) is 0 Å². The summed E-state index contributed by atoms with van der Waals surface area (Å²) < 4.78 is 7.80. The monoisotopic (exact) mass is 938 g/mol. The maximum absolute atomic E-state index is 6.31. The standard InChI is InChI=1S/C26H27N2O.C21H22GeN.Ir/c1-17(2)20-8-9-21-22-15-27-16-23(26(22)29-25(21)14-20)24-13-19(10-11-28-24)12-18-6-4-3-5-7-18;1-22(2,3)20-16-23-21(18-12-8-5-9-13-18)15-19(20)14-17-10-6-4-7-11-17;/h8-11,13-15,17-18H,3-7,12H2,1-2H3;4-12,15-16H,14H2,1-3H3;/q2*-1;. The summed E-state index contributed by atoms with van der Waals surface area (Å²) in [5.41, 5.74) is 11.0. The number of aromatic nitrogens is 3. The van der Waals surface area contributed by atoms with Crippen LogP contribution in [0.3, 0.4) is 0 Å². The van der Waals surface area contributed by atoms with E-state index in [-0.39, 0.29) is 20.1 Å². The molecule has 3 aromatic carbocycles. The molecule has 1 aliphatic carbocycles. The first-order valence-corrected chi connectivity index (χ1v) is 26.3. The first-order chi connectivity index (χ1) is 25.2. The van der Waals surface area contributed by atoms with Crippen LogP contribution in [-0.2, 0) is 32.9 Å². The molecule has 8 rings (SSSR count). The zero-order chi connectivity index (χ0) is 36.1. The number of benzene rings is 3. The Morgan fingerprint density at radius 1 is 0.792 bits per heavy atom. The average molecular weight is 937 g/mol. The predicted octanol–water partition coefficient (Wildman–Crippen LogP) is 11.8. The van der Waals surface area contributed by atoms with Gasteiger partial charge in [-0.2, -0.15) is 0 Å². The number of furan rings is 1. The van der Waals surface area contributed by atoms with Gasteiger partial charge in [0.1, 0.15) is 5.58 Å². The molecule has 0 spiro atoms. The van der Waals surface area contributed by atoms with Crippen LogP contribution in [0.1, 0.15) is 74.1 Å². The van der Waals surface area contributed by atoms with E-state index in [0.29, 0.717) is 5.92 Å². The van der Waals surface area contributed by atoms with Crippen molar-refractivity contribution in [3.05, 3.63) is 144 Å². The van der Waals surface area contributed by atoms with Crippen LogP contribution in [0, 0.1) is 18.2 Å². The van der Waals surface area contributed by atoms with Crippen molar-refractivity contribution in [1.29, 1.82) is 0 Å². The molecule has 0 saturated heterocycles. The van der Waals surface area contributed by atoms with Gasteiger partial charge in [-0.15, -0.1) is 0 Å². The van der Waals surface area contributed by atoms with Crippen molar-refractivity contribution in [2.24, 2.45) is 5.92 Å². The Kier molecular flexibility index (Phi) is 12.8. The Bertz CT molecular complexity index is 2250. The van der Waals surface area contributed by atoms with Crippen molar-refractivity contribution in [2.45, 2.75) is 82.0 Å². The van der Waals surface area contributed by atoms with E-state index in [2.05, 4.69) is 132 Å². The molecule has 0 atom stereocenters. The van der Waals surface area contributed by atoms with Crippen molar-refractivity contribution in [3.8, 4) is 22.5 Å². The summed E-state index contributed by atoms with van der Waals surface area (Å²) in [7, 11) is 0. The summed E-state index contributed by atoms with van der Waals surface area (Å²) in [5.74, 6) is 8.56. The summed E-state index contributed by atoms with van der Waals surface area (Å²) in [6.07, 6.45) is 18.0. The third-order valence-corrected chi connectivity index (χ3v) is 14.7. The van der Waals surface area contributed by atoms with Crippen LogP contribution in [0.5, 0.6) is 0 Å². The fraction of sp³-hybridized carbons (Fsp3) is 0.298. The molecule has 7 aromatic rings. The molecule has 6 heteroatoms. The van der Waals surface area contributed by atoms with Crippen LogP contribution < -0.4 is 4.40 Å². The average Bonchev–Trinajstić information content (AvgIpc) is 3.54. The minimum atomic E-state index is -1.96. The SMILES string of the molecule is CC(C)c1ccc2c(c1)oc1c(-c3cc(CC4CCCCC4)ccn3)[c-]ncc12.[CH3][Ge]([CH3])([CH3])[c]1cnc(-c2[c-]cccc2)cc1Cc1ccccc1.[Ir]. The topological polar surface area (TPSA) is 51.8 Å². The molecule has 0 bridgehead atoms. The second kappa shape index (κ2) is 17.5. The van der Waals surface area contributed by atoms with Gasteiger partial charge < -0.3 is 14.4 Å². The maximum Gasteiger partial charge on any atom is 0 e. The summed E-state index contributed by atoms with van der Waals surface area (Å²) in [5, 5.41) is 2.13. The number of fused-ring (bicyclic) bond motifs is 3. The molecule has 4 aromatic heterocycles. The maximum atomic E-state index is 6.31. The number of pyridine rings is 3. The van der Waals surface area contributed by atoms with Crippen molar-refractivity contribution in [2.75, 3.05) is 0 Å². The number of nitrogens with zero attached hydrogens (tertiary/aromatic N) is 3. The molecule has 0 aliphatic heterocycles. The molecular weight excluding hydrogens is 887 g/mol. The smallest absolute Gasteiger partial charge is 0 e. The number of rotatable bonds is 8. The van der Waals surface area contributed by atoms with Gasteiger partial charge >= 0.3 is 142 Å². The second-order valence-electron chi connectivity index (χ2n) is 15.7. The largest absolute Gasteiger partial charge is 0 e. The molecule has 1 saturated carbocycles. The molecule has 4 heterocycles. The minimum Gasteiger partial charge on any atom is 0 e. The molecule has 0 amide bonds. The number of hydrogen-bond donors (Lipinski definition) is 0. The fourth-order valence-electron chi connectivity index (χ4n) is 7.49. The zero-order valence-corrected chi connectivity index (χ0v) is 36.1. The molecule has 0 unspecified atom stereocenters.